The maximum Gasteiger partial charge on any atom is 0.231 e. The molecule has 5 rings (SSSR count). The van der Waals surface area contributed by atoms with Crippen LogP contribution in [0.4, 0.5) is 0 Å². The normalized spacial score (nSPS) is 19.1. The summed E-state index contributed by atoms with van der Waals surface area (Å²) in [5, 5.41) is 0. The lowest BCUT2D eigenvalue weighted by Crippen LogP contribution is -2.21. The number of benzene rings is 3. The molecular weight excluding hydrogens is 382 g/mol. The van der Waals surface area contributed by atoms with E-state index in [-0.39, 0.29) is 0 Å². The molecule has 2 unspecified atom stereocenters. The first kappa shape index (κ1) is 20.1. The highest BCUT2D eigenvalue weighted by Gasteiger charge is 2.29. The summed E-state index contributed by atoms with van der Waals surface area (Å²) in [5.74, 6) is 3.06. The maximum absolute atomic E-state index is 5.52. The molecule has 0 saturated carbocycles. The standard InChI is InChI=1S/C28H31NO2/c1-19-5-4-6-22(13-19)23-8-9-26-24(16-23)14-20(2)25(26)11-12-29(3)17-21-7-10-27-28(15-21)31-18-30-27/h4-10,13,15-16,20,25H,11-12,14,17-18H2,1-3H3. The molecule has 0 N–H and O–H groups in total. The van der Waals surface area contributed by atoms with Crippen molar-refractivity contribution >= 4 is 0 Å². The summed E-state index contributed by atoms with van der Waals surface area (Å²) in [6, 6.07) is 22.2. The van der Waals surface area contributed by atoms with Crippen molar-refractivity contribution in [1.29, 1.82) is 0 Å². The van der Waals surface area contributed by atoms with E-state index in [1.165, 1.54) is 40.7 Å². The minimum Gasteiger partial charge on any atom is -0.454 e. The second-order valence-electron chi connectivity index (χ2n) is 9.29. The SMILES string of the molecule is Cc1cccc(-c2ccc3c(c2)CC(C)C3CCN(C)Cc2ccc3c(c2)OCO3)c1. The van der Waals surface area contributed by atoms with Crippen LogP contribution in [0.3, 0.4) is 0 Å². The van der Waals surface area contributed by atoms with Gasteiger partial charge in [-0.1, -0.05) is 61.0 Å². The Morgan fingerprint density at radius 1 is 0.935 bits per heavy atom. The lowest BCUT2D eigenvalue weighted by molar-refractivity contribution is 0.174. The van der Waals surface area contributed by atoms with Crippen LogP contribution in [0.1, 0.15) is 41.5 Å². The minimum atomic E-state index is 0.333. The van der Waals surface area contributed by atoms with E-state index in [0.29, 0.717) is 18.6 Å². The molecule has 2 aliphatic rings. The minimum absolute atomic E-state index is 0.333. The Bertz CT molecular complexity index is 1090. The van der Waals surface area contributed by atoms with Crippen molar-refractivity contribution in [2.75, 3.05) is 20.4 Å². The smallest absolute Gasteiger partial charge is 0.231 e. The summed E-state index contributed by atoms with van der Waals surface area (Å²) in [6.45, 7) is 6.92. The van der Waals surface area contributed by atoms with Crippen LogP contribution in [0.5, 0.6) is 11.5 Å². The molecule has 1 aliphatic carbocycles. The van der Waals surface area contributed by atoms with Gasteiger partial charge in [0.2, 0.25) is 6.79 Å². The van der Waals surface area contributed by atoms with Crippen LogP contribution in [0.15, 0.2) is 60.7 Å². The van der Waals surface area contributed by atoms with Crippen LogP contribution < -0.4 is 9.47 Å². The third kappa shape index (κ3) is 4.20. The van der Waals surface area contributed by atoms with E-state index >= 15 is 0 Å². The zero-order valence-corrected chi connectivity index (χ0v) is 18.7. The Balaban J connectivity index is 1.24. The molecule has 3 heteroatoms. The number of hydrogen-bond donors (Lipinski definition) is 0. The number of aryl methyl sites for hydroxylation is 1. The second kappa shape index (κ2) is 8.39. The number of rotatable bonds is 6. The summed E-state index contributed by atoms with van der Waals surface area (Å²) in [6.07, 6.45) is 2.38. The molecule has 0 spiro atoms. The van der Waals surface area contributed by atoms with Crippen LogP contribution >= 0.6 is 0 Å². The summed E-state index contributed by atoms with van der Waals surface area (Å²) < 4.78 is 10.9. The molecule has 0 radical (unpaired) electrons. The van der Waals surface area contributed by atoms with E-state index in [0.717, 1.165) is 24.6 Å². The summed E-state index contributed by atoms with van der Waals surface area (Å²) >= 11 is 0. The van der Waals surface area contributed by atoms with Gasteiger partial charge in [-0.3, -0.25) is 0 Å². The fraction of sp³-hybridized carbons (Fsp3) is 0.357. The molecule has 0 aromatic heterocycles. The van der Waals surface area contributed by atoms with E-state index < -0.39 is 0 Å². The van der Waals surface area contributed by atoms with Crippen molar-refractivity contribution in [3.63, 3.8) is 0 Å². The van der Waals surface area contributed by atoms with Crippen molar-refractivity contribution in [2.45, 2.75) is 39.2 Å². The molecule has 3 aromatic rings. The van der Waals surface area contributed by atoms with Crippen molar-refractivity contribution in [1.82, 2.24) is 4.90 Å². The van der Waals surface area contributed by atoms with Crippen LogP contribution in [0, 0.1) is 12.8 Å². The first-order valence-electron chi connectivity index (χ1n) is 11.3. The molecule has 0 amide bonds. The van der Waals surface area contributed by atoms with E-state index in [9.17, 15) is 0 Å². The first-order valence-corrected chi connectivity index (χ1v) is 11.3. The predicted molar refractivity (Wildman–Crippen MR) is 126 cm³/mol. The molecule has 1 heterocycles. The monoisotopic (exact) mass is 413 g/mol. The molecule has 2 atom stereocenters. The van der Waals surface area contributed by atoms with Gasteiger partial charge in [-0.2, -0.15) is 0 Å². The summed E-state index contributed by atoms with van der Waals surface area (Å²) in [5.41, 5.74) is 8.34. The van der Waals surface area contributed by atoms with Gasteiger partial charge in [0.05, 0.1) is 0 Å². The van der Waals surface area contributed by atoms with Crippen LogP contribution in [-0.2, 0) is 13.0 Å². The largest absolute Gasteiger partial charge is 0.454 e. The zero-order chi connectivity index (χ0) is 21.4. The third-order valence-corrected chi connectivity index (χ3v) is 6.83. The molecule has 0 saturated heterocycles. The average Bonchev–Trinajstić information content (AvgIpc) is 3.34. The third-order valence-electron chi connectivity index (χ3n) is 6.83. The number of fused-ring (bicyclic) bond motifs is 2. The van der Waals surface area contributed by atoms with E-state index in [4.69, 9.17) is 9.47 Å². The number of ether oxygens (including phenoxy) is 2. The number of nitrogens with zero attached hydrogens (tertiary/aromatic N) is 1. The van der Waals surface area contributed by atoms with E-state index in [2.05, 4.69) is 80.4 Å². The van der Waals surface area contributed by atoms with Gasteiger partial charge >= 0.3 is 0 Å². The zero-order valence-electron chi connectivity index (χ0n) is 18.7. The highest BCUT2D eigenvalue weighted by molar-refractivity contribution is 5.66. The molecule has 3 nitrogen and oxygen atoms in total. The highest BCUT2D eigenvalue weighted by Crippen LogP contribution is 2.41. The average molecular weight is 414 g/mol. The van der Waals surface area contributed by atoms with Crippen molar-refractivity contribution in [3.05, 3.63) is 82.9 Å². The van der Waals surface area contributed by atoms with E-state index in [1.54, 1.807) is 5.56 Å². The summed E-state index contributed by atoms with van der Waals surface area (Å²) in [4.78, 5) is 2.42. The van der Waals surface area contributed by atoms with Gasteiger partial charge < -0.3 is 14.4 Å². The van der Waals surface area contributed by atoms with Crippen molar-refractivity contribution in [3.8, 4) is 22.6 Å². The van der Waals surface area contributed by atoms with Crippen molar-refractivity contribution in [2.24, 2.45) is 5.92 Å². The van der Waals surface area contributed by atoms with Gasteiger partial charge in [-0.05, 0) is 85.1 Å². The Hall–Kier alpha value is -2.78. The van der Waals surface area contributed by atoms with Gasteiger partial charge in [-0.25, -0.2) is 0 Å². The molecular formula is C28H31NO2. The Morgan fingerprint density at radius 2 is 1.77 bits per heavy atom. The number of hydrogen-bond acceptors (Lipinski definition) is 3. The fourth-order valence-electron chi connectivity index (χ4n) is 5.17. The molecule has 31 heavy (non-hydrogen) atoms. The molecule has 0 fully saturated rings. The van der Waals surface area contributed by atoms with Gasteiger partial charge in [0.25, 0.3) is 0 Å². The molecule has 3 aromatic carbocycles. The molecule has 0 bridgehead atoms. The predicted octanol–water partition coefficient (Wildman–Crippen LogP) is 6.19. The Morgan fingerprint density at radius 3 is 2.65 bits per heavy atom. The quantitative estimate of drug-likeness (QED) is 0.481. The topological polar surface area (TPSA) is 21.7 Å². The Kier molecular flexibility index (Phi) is 5.45. The maximum atomic E-state index is 5.52. The summed E-state index contributed by atoms with van der Waals surface area (Å²) in [7, 11) is 2.21. The lowest BCUT2D eigenvalue weighted by atomic mass is 9.90. The Labute approximate surface area is 185 Å². The van der Waals surface area contributed by atoms with Gasteiger partial charge in [-0.15, -0.1) is 0 Å². The molecule has 1 aliphatic heterocycles. The fourth-order valence-corrected chi connectivity index (χ4v) is 5.17. The van der Waals surface area contributed by atoms with Crippen LogP contribution in [0.2, 0.25) is 0 Å². The first-order chi connectivity index (χ1) is 15.1. The van der Waals surface area contributed by atoms with E-state index in [1.807, 2.05) is 6.07 Å². The lowest BCUT2D eigenvalue weighted by Gasteiger charge is -2.22. The highest BCUT2D eigenvalue weighted by atomic mass is 16.7. The van der Waals surface area contributed by atoms with Crippen LogP contribution in [0.25, 0.3) is 11.1 Å². The van der Waals surface area contributed by atoms with Gasteiger partial charge in [0.1, 0.15) is 0 Å². The molecule has 160 valence electrons. The van der Waals surface area contributed by atoms with Crippen molar-refractivity contribution < 1.29 is 9.47 Å². The second-order valence-corrected chi connectivity index (χ2v) is 9.29. The van der Waals surface area contributed by atoms with Crippen LogP contribution in [-0.4, -0.2) is 25.3 Å². The van der Waals surface area contributed by atoms with Gasteiger partial charge in [0.15, 0.2) is 11.5 Å². The van der Waals surface area contributed by atoms with Gasteiger partial charge in [0, 0.05) is 6.54 Å².